The Balaban J connectivity index is 1.44. The first-order chi connectivity index (χ1) is 14.8. The van der Waals surface area contributed by atoms with Crippen LogP contribution in [0.1, 0.15) is 15.9 Å². The second-order valence-electron chi connectivity index (χ2n) is 6.76. The van der Waals surface area contributed by atoms with Gasteiger partial charge in [0, 0.05) is 17.3 Å². The van der Waals surface area contributed by atoms with Crippen LogP contribution in [-0.2, 0) is 11.3 Å². The van der Waals surface area contributed by atoms with Crippen LogP contribution in [-0.4, -0.2) is 20.7 Å². The Morgan fingerprint density at radius 3 is 2.53 bits per heavy atom. The molecule has 5 nitrogen and oxygen atoms in total. The Morgan fingerprint density at radius 1 is 0.967 bits per heavy atom. The highest BCUT2D eigenvalue weighted by Crippen LogP contribution is 2.25. The third-order valence-electron chi connectivity index (χ3n) is 4.78. The van der Waals surface area contributed by atoms with E-state index in [1.807, 2.05) is 83.7 Å². The van der Waals surface area contributed by atoms with Gasteiger partial charge in [-0.15, -0.1) is 11.3 Å². The molecule has 146 valence electrons. The highest BCUT2D eigenvalue weighted by molar-refractivity contribution is 7.16. The van der Waals surface area contributed by atoms with Crippen LogP contribution >= 0.6 is 11.3 Å². The molecule has 0 spiro atoms. The lowest BCUT2D eigenvalue weighted by atomic mass is 10.1. The van der Waals surface area contributed by atoms with Crippen LogP contribution in [0.4, 0.5) is 0 Å². The molecule has 0 aliphatic carbocycles. The zero-order valence-corrected chi connectivity index (χ0v) is 16.8. The molecule has 0 saturated carbocycles. The van der Waals surface area contributed by atoms with Gasteiger partial charge in [-0.1, -0.05) is 48.5 Å². The van der Waals surface area contributed by atoms with Gasteiger partial charge in [0.05, 0.1) is 32.7 Å². The third kappa shape index (κ3) is 3.60. The maximum atomic E-state index is 12.6. The SMILES string of the molecule is O=C(OCc1cn(-c2ccccc2)nc1-c1ccccc1)c1ccc2ncsc2c1. The number of carbonyl (C=O) groups excluding carboxylic acids is 1. The Bertz CT molecular complexity index is 1310. The summed E-state index contributed by atoms with van der Waals surface area (Å²) in [5.74, 6) is -0.364. The van der Waals surface area contributed by atoms with E-state index in [4.69, 9.17) is 9.84 Å². The van der Waals surface area contributed by atoms with Gasteiger partial charge in [-0.05, 0) is 30.3 Å². The molecule has 0 atom stereocenters. The van der Waals surface area contributed by atoms with Crippen LogP contribution in [0, 0.1) is 0 Å². The van der Waals surface area contributed by atoms with Gasteiger partial charge < -0.3 is 4.74 Å². The van der Waals surface area contributed by atoms with Gasteiger partial charge in [-0.25, -0.2) is 14.5 Å². The van der Waals surface area contributed by atoms with Crippen molar-refractivity contribution in [3.8, 4) is 16.9 Å². The van der Waals surface area contributed by atoms with E-state index < -0.39 is 0 Å². The summed E-state index contributed by atoms with van der Waals surface area (Å²) in [6.07, 6.45) is 1.91. The number of hydrogen-bond acceptors (Lipinski definition) is 5. The molecular formula is C24H17N3O2S. The van der Waals surface area contributed by atoms with Crippen LogP contribution in [0.5, 0.6) is 0 Å². The first-order valence-electron chi connectivity index (χ1n) is 9.48. The van der Waals surface area contributed by atoms with Gasteiger partial charge in [0.15, 0.2) is 0 Å². The number of carbonyl (C=O) groups is 1. The van der Waals surface area contributed by atoms with E-state index in [0.717, 1.165) is 32.7 Å². The molecule has 0 bridgehead atoms. The van der Waals surface area contributed by atoms with Crippen molar-refractivity contribution in [3.63, 3.8) is 0 Å². The van der Waals surface area contributed by atoms with E-state index in [9.17, 15) is 4.79 Å². The van der Waals surface area contributed by atoms with Crippen molar-refractivity contribution < 1.29 is 9.53 Å². The molecule has 0 aliphatic heterocycles. The number of aromatic nitrogens is 3. The van der Waals surface area contributed by atoms with Crippen molar-refractivity contribution in [3.05, 3.63) is 102 Å². The summed E-state index contributed by atoms with van der Waals surface area (Å²) in [7, 11) is 0. The Morgan fingerprint density at radius 2 is 1.73 bits per heavy atom. The molecule has 5 aromatic rings. The average molecular weight is 411 g/mol. The molecular weight excluding hydrogens is 394 g/mol. The fourth-order valence-electron chi connectivity index (χ4n) is 3.28. The summed E-state index contributed by atoms with van der Waals surface area (Å²) >= 11 is 1.50. The van der Waals surface area contributed by atoms with Gasteiger partial charge in [-0.2, -0.15) is 5.10 Å². The van der Waals surface area contributed by atoms with Crippen molar-refractivity contribution >= 4 is 27.5 Å². The van der Waals surface area contributed by atoms with Gasteiger partial charge in [-0.3, -0.25) is 0 Å². The second kappa shape index (κ2) is 7.93. The van der Waals surface area contributed by atoms with E-state index in [1.54, 1.807) is 11.6 Å². The van der Waals surface area contributed by atoms with Crippen molar-refractivity contribution in [2.45, 2.75) is 6.61 Å². The van der Waals surface area contributed by atoms with E-state index in [0.29, 0.717) is 5.56 Å². The monoisotopic (exact) mass is 411 g/mol. The maximum Gasteiger partial charge on any atom is 0.338 e. The van der Waals surface area contributed by atoms with Crippen molar-refractivity contribution in [1.29, 1.82) is 0 Å². The van der Waals surface area contributed by atoms with E-state index in [1.165, 1.54) is 11.3 Å². The van der Waals surface area contributed by atoms with Crippen LogP contribution in [0.2, 0.25) is 0 Å². The topological polar surface area (TPSA) is 57.0 Å². The summed E-state index contributed by atoms with van der Waals surface area (Å²) in [5.41, 5.74) is 6.73. The minimum Gasteiger partial charge on any atom is -0.457 e. The lowest BCUT2D eigenvalue weighted by Gasteiger charge is -2.05. The molecule has 30 heavy (non-hydrogen) atoms. The van der Waals surface area contributed by atoms with Gasteiger partial charge in [0.1, 0.15) is 6.61 Å². The highest BCUT2D eigenvalue weighted by Gasteiger charge is 2.15. The molecule has 0 radical (unpaired) electrons. The molecule has 0 fully saturated rings. The maximum absolute atomic E-state index is 12.6. The number of esters is 1. The number of hydrogen-bond donors (Lipinski definition) is 0. The van der Waals surface area contributed by atoms with Crippen molar-refractivity contribution in [1.82, 2.24) is 14.8 Å². The van der Waals surface area contributed by atoms with Crippen LogP contribution in [0.3, 0.4) is 0 Å². The number of para-hydroxylation sites is 1. The fourth-order valence-corrected chi connectivity index (χ4v) is 3.99. The molecule has 2 heterocycles. The lowest BCUT2D eigenvalue weighted by Crippen LogP contribution is -2.05. The van der Waals surface area contributed by atoms with Crippen molar-refractivity contribution in [2.75, 3.05) is 0 Å². The Hall–Kier alpha value is -3.77. The predicted molar refractivity (Wildman–Crippen MR) is 118 cm³/mol. The third-order valence-corrected chi connectivity index (χ3v) is 5.58. The van der Waals surface area contributed by atoms with Gasteiger partial charge in [0.25, 0.3) is 0 Å². The van der Waals surface area contributed by atoms with Crippen LogP contribution < -0.4 is 0 Å². The molecule has 0 aliphatic rings. The lowest BCUT2D eigenvalue weighted by molar-refractivity contribution is 0.0473. The van der Waals surface area contributed by atoms with Crippen molar-refractivity contribution in [2.24, 2.45) is 0 Å². The second-order valence-corrected chi connectivity index (χ2v) is 7.65. The first kappa shape index (κ1) is 18.3. The number of nitrogens with zero attached hydrogens (tertiary/aromatic N) is 3. The summed E-state index contributed by atoms with van der Waals surface area (Å²) in [6.45, 7) is 0.136. The van der Waals surface area contributed by atoms with Crippen LogP contribution in [0.15, 0.2) is 90.6 Å². The minimum atomic E-state index is -0.364. The standard InChI is InChI=1S/C24H17N3O2S/c28-24(18-11-12-21-22(13-18)30-16-25-21)29-15-19-14-27(20-9-5-2-6-10-20)26-23(19)17-7-3-1-4-8-17/h1-14,16H,15H2. The number of rotatable bonds is 5. The largest absolute Gasteiger partial charge is 0.457 e. The molecule has 0 saturated heterocycles. The number of thiazole rings is 1. The fraction of sp³-hybridized carbons (Fsp3) is 0.0417. The first-order valence-corrected chi connectivity index (χ1v) is 10.4. The van der Waals surface area contributed by atoms with Gasteiger partial charge >= 0.3 is 5.97 Å². The number of ether oxygens (including phenoxy) is 1. The quantitative estimate of drug-likeness (QED) is 0.358. The van der Waals surface area contributed by atoms with Gasteiger partial charge in [0.2, 0.25) is 0 Å². The summed E-state index contributed by atoms with van der Waals surface area (Å²) in [4.78, 5) is 16.9. The van der Waals surface area contributed by atoms with E-state index in [-0.39, 0.29) is 12.6 Å². The highest BCUT2D eigenvalue weighted by atomic mass is 32.1. The summed E-state index contributed by atoms with van der Waals surface area (Å²) < 4.78 is 8.42. The molecule has 0 unspecified atom stereocenters. The molecule has 3 aromatic carbocycles. The van der Waals surface area contributed by atoms with Crippen LogP contribution in [0.25, 0.3) is 27.2 Å². The zero-order chi connectivity index (χ0) is 20.3. The summed E-state index contributed by atoms with van der Waals surface area (Å²) in [5, 5.41) is 4.75. The predicted octanol–water partition coefficient (Wildman–Crippen LogP) is 5.51. The number of fused-ring (bicyclic) bond motifs is 1. The Labute approximate surface area is 177 Å². The summed E-state index contributed by atoms with van der Waals surface area (Å²) in [6, 6.07) is 25.2. The van der Waals surface area contributed by atoms with E-state index in [2.05, 4.69) is 4.98 Å². The molecule has 6 heteroatoms. The zero-order valence-electron chi connectivity index (χ0n) is 15.9. The minimum absolute atomic E-state index is 0.136. The number of benzene rings is 3. The Kier molecular flexibility index (Phi) is 4.83. The molecule has 0 amide bonds. The van der Waals surface area contributed by atoms with E-state index >= 15 is 0 Å². The molecule has 2 aromatic heterocycles. The molecule has 0 N–H and O–H groups in total. The normalized spacial score (nSPS) is 10.9. The smallest absolute Gasteiger partial charge is 0.338 e. The average Bonchev–Trinajstić information content (AvgIpc) is 3.45. The molecule has 5 rings (SSSR count).